The van der Waals surface area contributed by atoms with E-state index in [9.17, 15) is 18.0 Å². The number of carbonyl (C=O) groups is 2. The minimum Gasteiger partial charge on any atom is -0.354 e. The van der Waals surface area contributed by atoms with Crippen molar-refractivity contribution in [3.63, 3.8) is 0 Å². The smallest absolute Gasteiger partial charge is 0.264 e. The quantitative estimate of drug-likeness (QED) is 0.146. The van der Waals surface area contributed by atoms with Gasteiger partial charge in [0.2, 0.25) is 11.8 Å². The summed E-state index contributed by atoms with van der Waals surface area (Å²) < 4.78 is 29.2. The zero-order valence-electron chi connectivity index (χ0n) is 25.3. The van der Waals surface area contributed by atoms with Crippen molar-refractivity contribution in [2.45, 2.75) is 50.6 Å². The Morgan fingerprint density at radius 1 is 0.867 bits per heavy atom. The highest BCUT2D eigenvalue weighted by atomic mass is 35.5. The molecule has 2 amide bonds. The van der Waals surface area contributed by atoms with Crippen LogP contribution in [0.5, 0.6) is 0 Å². The van der Waals surface area contributed by atoms with Gasteiger partial charge in [0.1, 0.15) is 12.6 Å². The molecule has 0 bridgehead atoms. The molecular weight excluding hydrogens is 629 g/mol. The van der Waals surface area contributed by atoms with Gasteiger partial charge in [0.05, 0.1) is 15.6 Å². The molecule has 45 heavy (non-hydrogen) atoms. The summed E-state index contributed by atoms with van der Waals surface area (Å²) in [4.78, 5) is 29.8. The number of carbonyl (C=O) groups excluding carboxylic acids is 2. The van der Waals surface area contributed by atoms with Crippen LogP contribution < -0.4 is 9.62 Å². The number of benzene rings is 4. The topological polar surface area (TPSA) is 86.8 Å². The van der Waals surface area contributed by atoms with E-state index in [0.29, 0.717) is 11.6 Å². The van der Waals surface area contributed by atoms with Crippen LogP contribution in [0.2, 0.25) is 10.0 Å². The van der Waals surface area contributed by atoms with Crippen molar-refractivity contribution in [2.75, 3.05) is 17.4 Å². The summed E-state index contributed by atoms with van der Waals surface area (Å²) in [6, 6.07) is 28.4. The fourth-order valence-electron chi connectivity index (χ4n) is 4.95. The lowest BCUT2D eigenvalue weighted by Crippen LogP contribution is -2.53. The molecule has 4 aromatic carbocycles. The van der Waals surface area contributed by atoms with E-state index in [0.717, 1.165) is 33.8 Å². The minimum absolute atomic E-state index is 0.00702. The Kier molecular flexibility index (Phi) is 12.0. The molecule has 1 N–H and O–H groups in total. The Morgan fingerprint density at radius 2 is 1.51 bits per heavy atom. The molecule has 0 radical (unpaired) electrons. The average Bonchev–Trinajstić information content (AvgIpc) is 3.03. The van der Waals surface area contributed by atoms with Crippen LogP contribution >= 0.6 is 23.2 Å². The van der Waals surface area contributed by atoms with Gasteiger partial charge in [0, 0.05) is 24.5 Å². The molecule has 0 aromatic heterocycles. The fourth-order valence-corrected chi connectivity index (χ4v) is 6.96. The molecule has 10 heteroatoms. The van der Waals surface area contributed by atoms with Crippen LogP contribution in [0.4, 0.5) is 5.69 Å². The number of unbranched alkanes of at least 4 members (excludes halogenated alkanes) is 1. The van der Waals surface area contributed by atoms with Gasteiger partial charge in [0.25, 0.3) is 10.0 Å². The van der Waals surface area contributed by atoms with Gasteiger partial charge in [-0.1, -0.05) is 109 Å². The maximum absolute atomic E-state index is 14.5. The second kappa shape index (κ2) is 15.9. The Labute approximate surface area is 275 Å². The molecule has 0 fully saturated rings. The van der Waals surface area contributed by atoms with Crippen molar-refractivity contribution in [3.05, 3.63) is 130 Å². The predicted molar refractivity (Wildman–Crippen MR) is 181 cm³/mol. The average molecular weight is 667 g/mol. The molecule has 7 nitrogen and oxygen atoms in total. The third-order valence-corrected chi connectivity index (χ3v) is 9.80. The highest BCUT2D eigenvalue weighted by molar-refractivity contribution is 7.92. The van der Waals surface area contributed by atoms with Gasteiger partial charge in [-0.2, -0.15) is 0 Å². The van der Waals surface area contributed by atoms with Gasteiger partial charge in [0.15, 0.2) is 0 Å². The summed E-state index contributed by atoms with van der Waals surface area (Å²) >= 11 is 12.7. The first-order valence-electron chi connectivity index (χ1n) is 14.8. The highest BCUT2D eigenvalue weighted by Gasteiger charge is 2.35. The zero-order chi connectivity index (χ0) is 32.4. The zero-order valence-corrected chi connectivity index (χ0v) is 27.7. The van der Waals surface area contributed by atoms with E-state index < -0.39 is 28.5 Å². The second-order valence-electron chi connectivity index (χ2n) is 10.7. The van der Waals surface area contributed by atoms with E-state index in [1.165, 1.54) is 35.2 Å². The molecule has 4 aromatic rings. The molecule has 236 valence electrons. The molecule has 0 aliphatic rings. The first kappa shape index (κ1) is 34.0. The third-order valence-electron chi connectivity index (χ3n) is 7.49. The van der Waals surface area contributed by atoms with E-state index in [1.54, 1.807) is 18.2 Å². The molecule has 0 heterocycles. The maximum Gasteiger partial charge on any atom is 0.264 e. The lowest BCUT2D eigenvalue weighted by atomic mass is 10.0. The van der Waals surface area contributed by atoms with Crippen molar-refractivity contribution in [1.82, 2.24) is 10.2 Å². The van der Waals surface area contributed by atoms with E-state index in [-0.39, 0.29) is 34.5 Å². The highest BCUT2D eigenvalue weighted by Crippen LogP contribution is 2.33. The van der Waals surface area contributed by atoms with Crippen LogP contribution in [-0.2, 0) is 32.6 Å². The van der Waals surface area contributed by atoms with E-state index in [4.69, 9.17) is 23.2 Å². The molecule has 0 aliphatic carbocycles. The molecule has 4 rings (SSSR count). The number of hydrogen-bond donors (Lipinski definition) is 1. The number of hydrogen-bond acceptors (Lipinski definition) is 4. The van der Waals surface area contributed by atoms with E-state index >= 15 is 0 Å². The summed E-state index contributed by atoms with van der Waals surface area (Å²) in [7, 11) is -4.26. The summed E-state index contributed by atoms with van der Waals surface area (Å²) in [5, 5.41) is 3.38. The molecule has 0 aliphatic heterocycles. The Balaban J connectivity index is 1.81. The standard InChI is InChI=1S/C35H37Cl2N3O4S/c1-3-4-21-38-35(42)33(22-27-14-7-5-8-15-27)39(24-28-16-12-11-13-26(28)2)34(41)25-40(32-20-19-29(36)23-31(32)37)45(43,44)30-17-9-6-10-18-30/h5-20,23,33H,3-4,21-22,24-25H2,1-2H3,(H,38,42)/t33-/m0/s1. The van der Waals surface area contributed by atoms with Crippen LogP contribution in [-0.4, -0.2) is 44.3 Å². The number of sulfonamides is 1. The van der Waals surface area contributed by atoms with Crippen LogP contribution in [0, 0.1) is 6.92 Å². The number of halogens is 2. The number of aryl methyl sites for hydroxylation is 1. The number of anilines is 1. The number of amides is 2. The summed E-state index contributed by atoms with van der Waals surface area (Å²) in [6.07, 6.45) is 1.92. The molecule has 1 atom stereocenters. The minimum atomic E-state index is -4.26. The number of rotatable bonds is 14. The Hall–Kier alpha value is -3.85. The SMILES string of the molecule is CCCCNC(=O)[C@H](Cc1ccccc1)N(Cc1ccccc1C)C(=O)CN(c1ccc(Cl)cc1Cl)S(=O)(=O)c1ccccc1. The summed E-state index contributed by atoms with van der Waals surface area (Å²) in [6.45, 7) is 3.92. The molecule has 0 spiro atoms. The van der Waals surface area contributed by atoms with Gasteiger partial charge in [-0.3, -0.25) is 13.9 Å². The fraction of sp³-hybridized carbons (Fsp3) is 0.257. The first-order valence-corrected chi connectivity index (χ1v) is 17.0. The monoisotopic (exact) mass is 665 g/mol. The van der Waals surface area contributed by atoms with E-state index in [2.05, 4.69) is 5.32 Å². The van der Waals surface area contributed by atoms with Gasteiger partial charge in [-0.05, 0) is 60.4 Å². The van der Waals surface area contributed by atoms with Gasteiger partial charge in [-0.25, -0.2) is 8.42 Å². The van der Waals surface area contributed by atoms with Crippen LogP contribution in [0.3, 0.4) is 0 Å². The van der Waals surface area contributed by atoms with Crippen molar-refractivity contribution in [3.8, 4) is 0 Å². The van der Waals surface area contributed by atoms with Crippen LogP contribution in [0.15, 0.2) is 108 Å². The first-order chi connectivity index (χ1) is 21.6. The third kappa shape index (κ3) is 8.87. The van der Waals surface area contributed by atoms with E-state index in [1.807, 2.05) is 68.4 Å². The predicted octanol–water partition coefficient (Wildman–Crippen LogP) is 7.05. The lowest BCUT2D eigenvalue weighted by molar-refractivity contribution is -0.140. The number of nitrogens with zero attached hydrogens (tertiary/aromatic N) is 2. The molecule has 0 saturated carbocycles. The normalized spacial score (nSPS) is 11.9. The maximum atomic E-state index is 14.5. The van der Waals surface area contributed by atoms with Crippen LogP contribution in [0.25, 0.3) is 0 Å². The van der Waals surface area contributed by atoms with Crippen molar-refractivity contribution >= 4 is 50.7 Å². The lowest BCUT2D eigenvalue weighted by Gasteiger charge is -2.34. The second-order valence-corrected chi connectivity index (χ2v) is 13.4. The molecule has 0 unspecified atom stereocenters. The van der Waals surface area contributed by atoms with Crippen LogP contribution in [0.1, 0.15) is 36.5 Å². The van der Waals surface area contributed by atoms with Crippen molar-refractivity contribution < 1.29 is 18.0 Å². The Morgan fingerprint density at radius 3 is 2.16 bits per heavy atom. The number of nitrogens with one attached hydrogen (secondary N) is 1. The summed E-state index contributed by atoms with van der Waals surface area (Å²) in [5.41, 5.74) is 2.74. The van der Waals surface area contributed by atoms with Gasteiger partial charge >= 0.3 is 0 Å². The van der Waals surface area contributed by atoms with Gasteiger partial charge in [-0.15, -0.1) is 0 Å². The summed E-state index contributed by atoms with van der Waals surface area (Å²) in [5.74, 6) is -0.869. The van der Waals surface area contributed by atoms with Gasteiger partial charge < -0.3 is 10.2 Å². The Bertz CT molecular complexity index is 1700. The molecule has 0 saturated heterocycles. The van der Waals surface area contributed by atoms with Crippen molar-refractivity contribution in [2.24, 2.45) is 0 Å². The largest absolute Gasteiger partial charge is 0.354 e. The van der Waals surface area contributed by atoms with Crippen molar-refractivity contribution in [1.29, 1.82) is 0 Å². The molecular formula is C35H37Cl2N3O4S.